The van der Waals surface area contributed by atoms with Crippen molar-refractivity contribution >= 4 is 5.97 Å². The minimum absolute atomic E-state index is 0.182. The van der Waals surface area contributed by atoms with Crippen molar-refractivity contribution in [2.24, 2.45) is 5.41 Å². The summed E-state index contributed by atoms with van der Waals surface area (Å²) in [6.07, 6.45) is 8.07. The first kappa shape index (κ1) is 15.8. The monoisotopic (exact) mass is 282 g/mol. The zero-order valence-corrected chi connectivity index (χ0v) is 13.2. The van der Waals surface area contributed by atoms with Crippen LogP contribution < -0.4 is 5.32 Å². The van der Waals surface area contributed by atoms with Crippen LogP contribution in [0.3, 0.4) is 0 Å². The minimum Gasteiger partial charge on any atom is -0.480 e. The van der Waals surface area contributed by atoms with Gasteiger partial charge in [-0.25, -0.2) is 0 Å². The molecule has 1 unspecified atom stereocenters. The highest BCUT2D eigenvalue weighted by atomic mass is 16.4. The molecule has 0 bridgehead atoms. The van der Waals surface area contributed by atoms with Crippen LogP contribution in [0.25, 0.3) is 0 Å². The molecule has 2 fully saturated rings. The third-order valence-corrected chi connectivity index (χ3v) is 5.20. The molecule has 0 aromatic heterocycles. The zero-order valence-electron chi connectivity index (χ0n) is 13.2. The normalized spacial score (nSPS) is 26.0. The average molecular weight is 282 g/mol. The predicted octanol–water partition coefficient (Wildman–Crippen LogP) is 2.48. The molecule has 1 spiro atoms. The fraction of sp³-hybridized carbons (Fsp3) is 0.938. The third-order valence-electron chi connectivity index (χ3n) is 5.20. The summed E-state index contributed by atoms with van der Waals surface area (Å²) in [4.78, 5) is 13.9. The Hall–Kier alpha value is -0.610. The number of carbonyl (C=O) groups is 1. The SMILES string of the molecule is CC(C)NC(C)(CN1CCC2(CCCC2)CC1)C(=O)O. The lowest BCUT2D eigenvalue weighted by atomic mass is 9.77. The molecular formula is C16H30N2O2. The fourth-order valence-electron chi connectivity index (χ4n) is 4.07. The Morgan fingerprint density at radius 3 is 2.25 bits per heavy atom. The first-order valence-corrected chi connectivity index (χ1v) is 8.09. The smallest absolute Gasteiger partial charge is 0.324 e. The lowest BCUT2D eigenvalue weighted by Crippen LogP contribution is -2.60. The van der Waals surface area contributed by atoms with Crippen LogP contribution in [-0.4, -0.2) is 47.2 Å². The summed E-state index contributed by atoms with van der Waals surface area (Å²) in [7, 11) is 0. The largest absolute Gasteiger partial charge is 0.480 e. The van der Waals surface area contributed by atoms with Crippen molar-refractivity contribution in [3.8, 4) is 0 Å². The Labute approximate surface area is 122 Å². The van der Waals surface area contributed by atoms with Gasteiger partial charge in [-0.1, -0.05) is 12.8 Å². The summed E-state index contributed by atoms with van der Waals surface area (Å²) in [5.41, 5.74) is -0.240. The summed E-state index contributed by atoms with van der Waals surface area (Å²) < 4.78 is 0. The van der Waals surface area contributed by atoms with Crippen LogP contribution in [0.4, 0.5) is 0 Å². The van der Waals surface area contributed by atoms with Crippen molar-refractivity contribution in [2.75, 3.05) is 19.6 Å². The van der Waals surface area contributed by atoms with Crippen molar-refractivity contribution in [3.63, 3.8) is 0 Å². The number of hydrogen-bond acceptors (Lipinski definition) is 3. The maximum atomic E-state index is 11.6. The van der Waals surface area contributed by atoms with Gasteiger partial charge in [-0.05, 0) is 65.0 Å². The van der Waals surface area contributed by atoms with Gasteiger partial charge in [0.25, 0.3) is 0 Å². The number of piperidine rings is 1. The van der Waals surface area contributed by atoms with Crippen molar-refractivity contribution in [1.82, 2.24) is 10.2 Å². The molecule has 116 valence electrons. The lowest BCUT2D eigenvalue weighted by molar-refractivity contribution is -0.145. The van der Waals surface area contributed by atoms with Gasteiger partial charge in [0.15, 0.2) is 0 Å². The number of likely N-dealkylation sites (tertiary alicyclic amines) is 1. The van der Waals surface area contributed by atoms with Gasteiger partial charge in [0.1, 0.15) is 5.54 Å². The average Bonchev–Trinajstić information content (AvgIpc) is 2.80. The number of aliphatic carboxylic acids is 1. The molecule has 1 saturated carbocycles. The second-order valence-corrected chi connectivity index (χ2v) is 7.42. The predicted molar refractivity (Wildman–Crippen MR) is 80.9 cm³/mol. The maximum absolute atomic E-state index is 11.6. The van der Waals surface area contributed by atoms with E-state index < -0.39 is 11.5 Å². The molecule has 1 saturated heterocycles. The number of nitrogens with zero attached hydrogens (tertiary/aromatic N) is 1. The third kappa shape index (κ3) is 3.53. The van der Waals surface area contributed by atoms with Gasteiger partial charge in [-0.15, -0.1) is 0 Å². The van der Waals surface area contributed by atoms with E-state index in [1.807, 2.05) is 20.8 Å². The van der Waals surface area contributed by atoms with Crippen molar-refractivity contribution in [1.29, 1.82) is 0 Å². The lowest BCUT2D eigenvalue weighted by Gasteiger charge is -2.42. The molecule has 1 atom stereocenters. The summed E-state index contributed by atoms with van der Waals surface area (Å²) in [6, 6.07) is 0.182. The Morgan fingerprint density at radius 2 is 1.80 bits per heavy atom. The highest BCUT2D eigenvalue weighted by Crippen LogP contribution is 2.46. The molecular weight excluding hydrogens is 252 g/mol. The second kappa shape index (κ2) is 6.02. The van der Waals surface area contributed by atoms with Crippen LogP contribution in [-0.2, 0) is 4.79 Å². The van der Waals surface area contributed by atoms with Crippen LogP contribution >= 0.6 is 0 Å². The molecule has 4 heteroatoms. The molecule has 0 amide bonds. The molecule has 20 heavy (non-hydrogen) atoms. The molecule has 4 nitrogen and oxygen atoms in total. The quantitative estimate of drug-likeness (QED) is 0.813. The van der Waals surface area contributed by atoms with Crippen LogP contribution in [0.1, 0.15) is 59.3 Å². The molecule has 2 N–H and O–H groups in total. The topological polar surface area (TPSA) is 52.6 Å². The van der Waals surface area contributed by atoms with Crippen LogP contribution in [0.15, 0.2) is 0 Å². The number of hydrogen-bond donors (Lipinski definition) is 2. The standard InChI is InChI=1S/C16H30N2O2/c1-13(2)17-15(3,14(19)20)12-18-10-8-16(9-11-18)6-4-5-7-16/h13,17H,4-12H2,1-3H3,(H,19,20). The molecule has 1 aliphatic heterocycles. The molecule has 1 heterocycles. The Morgan fingerprint density at radius 1 is 1.25 bits per heavy atom. The van der Waals surface area contributed by atoms with E-state index in [-0.39, 0.29) is 6.04 Å². The van der Waals surface area contributed by atoms with Crippen LogP contribution in [0.5, 0.6) is 0 Å². The van der Waals surface area contributed by atoms with Crippen molar-refractivity contribution < 1.29 is 9.90 Å². The molecule has 0 aromatic rings. The number of carboxylic acid groups (broad SMARTS) is 1. The fourth-order valence-corrected chi connectivity index (χ4v) is 4.07. The minimum atomic E-state index is -0.839. The number of rotatable bonds is 5. The first-order valence-electron chi connectivity index (χ1n) is 8.09. The second-order valence-electron chi connectivity index (χ2n) is 7.42. The zero-order chi connectivity index (χ0) is 14.8. The van der Waals surface area contributed by atoms with Crippen molar-refractivity contribution in [3.05, 3.63) is 0 Å². The number of nitrogens with one attached hydrogen (secondary N) is 1. The van der Waals surface area contributed by atoms with Gasteiger partial charge in [0.2, 0.25) is 0 Å². The molecule has 2 aliphatic rings. The van der Waals surface area contributed by atoms with E-state index >= 15 is 0 Å². The summed E-state index contributed by atoms with van der Waals surface area (Å²) in [5.74, 6) is -0.743. The van der Waals surface area contributed by atoms with Crippen LogP contribution in [0, 0.1) is 5.41 Å². The van der Waals surface area contributed by atoms with Gasteiger partial charge in [-0.3, -0.25) is 10.1 Å². The van der Waals surface area contributed by atoms with Gasteiger partial charge < -0.3 is 10.0 Å². The highest BCUT2D eigenvalue weighted by Gasteiger charge is 2.40. The van der Waals surface area contributed by atoms with Gasteiger partial charge in [0.05, 0.1) is 0 Å². The van der Waals surface area contributed by atoms with E-state index in [0.717, 1.165) is 13.1 Å². The van der Waals surface area contributed by atoms with E-state index in [0.29, 0.717) is 12.0 Å². The summed E-state index contributed by atoms with van der Waals surface area (Å²) in [5, 5.41) is 12.8. The summed E-state index contributed by atoms with van der Waals surface area (Å²) >= 11 is 0. The number of carboxylic acids is 1. The van der Waals surface area contributed by atoms with E-state index in [4.69, 9.17) is 0 Å². The summed E-state index contributed by atoms with van der Waals surface area (Å²) in [6.45, 7) is 8.55. The van der Waals surface area contributed by atoms with Gasteiger partial charge in [-0.2, -0.15) is 0 Å². The highest BCUT2D eigenvalue weighted by molar-refractivity contribution is 5.78. The Bertz CT molecular complexity index is 340. The molecule has 0 aromatic carbocycles. The van der Waals surface area contributed by atoms with E-state index in [1.165, 1.54) is 38.5 Å². The Kier molecular flexibility index (Phi) is 4.75. The first-order chi connectivity index (χ1) is 9.35. The van der Waals surface area contributed by atoms with Gasteiger partial charge >= 0.3 is 5.97 Å². The Balaban J connectivity index is 1.91. The van der Waals surface area contributed by atoms with Gasteiger partial charge in [0, 0.05) is 12.6 Å². The van der Waals surface area contributed by atoms with E-state index in [2.05, 4.69) is 10.2 Å². The van der Waals surface area contributed by atoms with Crippen molar-refractivity contribution in [2.45, 2.75) is 70.9 Å². The van der Waals surface area contributed by atoms with E-state index in [9.17, 15) is 9.90 Å². The maximum Gasteiger partial charge on any atom is 0.324 e. The molecule has 0 radical (unpaired) electrons. The molecule has 2 rings (SSSR count). The molecule has 1 aliphatic carbocycles. The van der Waals surface area contributed by atoms with Crippen LogP contribution in [0.2, 0.25) is 0 Å². The van der Waals surface area contributed by atoms with E-state index in [1.54, 1.807) is 0 Å².